The minimum atomic E-state index is -0.479. The Morgan fingerprint density at radius 3 is 2.30 bits per heavy atom. The van der Waals surface area contributed by atoms with Gasteiger partial charge in [-0.05, 0) is 43.4 Å². The van der Waals surface area contributed by atoms with Crippen LogP contribution >= 0.6 is 0 Å². The molecule has 0 saturated heterocycles. The molecule has 0 bridgehead atoms. The average Bonchev–Trinajstić information content (AvgIpc) is 2.47. The van der Waals surface area contributed by atoms with E-state index in [0.29, 0.717) is 24.7 Å². The fraction of sp³-hybridized carbons (Fsp3) is 0.882. The number of hydrogen-bond acceptors (Lipinski definition) is 3. The maximum absolute atomic E-state index is 12.1. The third kappa shape index (κ3) is 3.62. The summed E-state index contributed by atoms with van der Waals surface area (Å²) in [6.07, 6.45) is 10.2. The Labute approximate surface area is 122 Å². The lowest BCUT2D eigenvalue weighted by Crippen LogP contribution is -2.35. The van der Waals surface area contributed by atoms with E-state index in [9.17, 15) is 9.59 Å². The Kier molecular flexibility index (Phi) is 5.62. The molecule has 2 fully saturated rings. The molecule has 0 aliphatic heterocycles. The highest BCUT2D eigenvalue weighted by molar-refractivity contribution is 5.99. The molecule has 0 radical (unpaired) electrons. The highest BCUT2D eigenvalue weighted by atomic mass is 16.5. The molecule has 20 heavy (non-hydrogen) atoms. The molecule has 3 heteroatoms. The Morgan fingerprint density at radius 1 is 1.10 bits per heavy atom. The minimum absolute atomic E-state index is 0.115. The third-order valence-corrected chi connectivity index (χ3v) is 5.42. The first kappa shape index (κ1) is 15.5. The van der Waals surface area contributed by atoms with Crippen LogP contribution in [0.4, 0.5) is 0 Å². The fourth-order valence-electron chi connectivity index (χ4n) is 4.19. The lowest BCUT2D eigenvalue weighted by molar-refractivity contribution is -0.151. The predicted molar refractivity (Wildman–Crippen MR) is 78.2 cm³/mol. The van der Waals surface area contributed by atoms with Crippen LogP contribution in [0.1, 0.15) is 64.7 Å². The number of ketones is 1. The molecule has 0 N–H and O–H groups in total. The van der Waals surface area contributed by atoms with Crippen LogP contribution in [0.3, 0.4) is 0 Å². The van der Waals surface area contributed by atoms with E-state index in [2.05, 4.69) is 6.92 Å². The van der Waals surface area contributed by atoms with Crippen LogP contribution in [0.5, 0.6) is 0 Å². The van der Waals surface area contributed by atoms with E-state index in [4.69, 9.17) is 4.74 Å². The van der Waals surface area contributed by atoms with Crippen molar-refractivity contribution < 1.29 is 14.3 Å². The van der Waals surface area contributed by atoms with E-state index in [0.717, 1.165) is 12.3 Å². The third-order valence-electron chi connectivity index (χ3n) is 5.42. The van der Waals surface area contributed by atoms with Gasteiger partial charge in [0.25, 0.3) is 0 Å². The topological polar surface area (TPSA) is 43.4 Å². The second-order valence-corrected chi connectivity index (χ2v) is 6.65. The van der Waals surface area contributed by atoms with Gasteiger partial charge in [0, 0.05) is 6.42 Å². The molecule has 114 valence electrons. The first-order chi connectivity index (χ1) is 9.65. The lowest BCUT2D eigenvalue weighted by Gasteiger charge is -2.36. The van der Waals surface area contributed by atoms with Gasteiger partial charge in [0.2, 0.25) is 0 Å². The molecule has 2 rings (SSSR count). The monoisotopic (exact) mass is 280 g/mol. The van der Waals surface area contributed by atoms with Crippen molar-refractivity contribution in [2.75, 3.05) is 7.11 Å². The van der Waals surface area contributed by atoms with Gasteiger partial charge < -0.3 is 4.74 Å². The van der Waals surface area contributed by atoms with Crippen molar-refractivity contribution >= 4 is 11.8 Å². The normalized spacial score (nSPS) is 34.8. The van der Waals surface area contributed by atoms with Crippen LogP contribution in [0.25, 0.3) is 0 Å². The van der Waals surface area contributed by atoms with Gasteiger partial charge in [-0.25, -0.2) is 0 Å². The van der Waals surface area contributed by atoms with Gasteiger partial charge in [-0.15, -0.1) is 0 Å². The lowest BCUT2D eigenvalue weighted by atomic mass is 9.68. The van der Waals surface area contributed by atoms with Crippen molar-refractivity contribution in [1.29, 1.82) is 0 Å². The number of hydrogen-bond donors (Lipinski definition) is 0. The number of carbonyl (C=O) groups excluding carboxylic acids is 2. The molecule has 3 nitrogen and oxygen atoms in total. The molecule has 2 saturated carbocycles. The molecule has 2 atom stereocenters. The molecule has 2 aliphatic carbocycles. The minimum Gasteiger partial charge on any atom is -0.468 e. The Morgan fingerprint density at radius 2 is 1.75 bits per heavy atom. The Bertz CT molecular complexity index is 342. The van der Waals surface area contributed by atoms with Gasteiger partial charge in [0.15, 0.2) is 0 Å². The number of ether oxygens (including phenoxy) is 1. The highest BCUT2D eigenvalue weighted by Crippen LogP contribution is 2.41. The quantitative estimate of drug-likeness (QED) is 0.582. The van der Waals surface area contributed by atoms with Crippen LogP contribution in [0.2, 0.25) is 0 Å². The van der Waals surface area contributed by atoms with Crippen molar-refractivity contribution in [1.82, 2.24) is 0 Å². The first-order valence-corrected chi connectivity index (χ1v) is 8.26. The second-order valence-electron chi connectivity index (χ2n) is 6.65. The number of Topliss-reactive ketones (excluding diaryl/α,β-unsaturated/α-hetero) is 1. The number of methoxy groups -OCH3 is 1. The molecule has 2 aliphatic rings. The SMILES string of the molecule is CCCC1CCC([C@@H]2CC[C@@H](C(=O)OC)C(=O)C2)CC1. The van der Waals surface area contributed by atoms with Crippen molar-refractivity contribution in [2.24, 2.45) is 23.7 Å². The summed E-state index contributed by atoms with van der Waals surface area (Å²) in [6, 6.07) is 0. The average molecular weight is 280 g/mol. The summed E-state index contributed by atoms with van der Waals surface area (Å²) in [5.74, 6) is 1.45. The summed E-state index contributed by atoms with van der Waals surface area (Å²) >= 11 is 0. The number of esters is 1. The van der Waals surface area contributed by atoms with Gasteiger partial charge in [-0.2, -0.15) is 0 Å². The zero-order chi connectivity index (χ0) is 14.5. The highest BCUT2D eigenvalue weighted by Gasteiger charge is 2.37. The zero-order valence-corrected chi connectivity index (χ0v) is 12.9. The van der Waals surface area contributed by atoms with E-state index in [1.165, 1.54) is 45.6 Å². The van der Waals surface area contributed by atoms with E-state index >= 15 is 0 Å². The van der Waals surface area contributed by atoms with Gasteiger partial charge in [0.1, 0.15) is 11.7 Å². The molecular weight excluding hydrogens is 252 g/mol. The van der Waals surface area contributed by atoms with E-state index < -0.39 is 5.92 Å². The van der Waals surface area contributed by atoms with Crippen molar-refractivity contribution in [3.05, 3.63) is 0 Å². The van der Waals surface area contributed by atoms with Crippen LogP contribution in [0.15, 0.2) is 0 Å². The Hall–Kier alpha value is -0.860. The smallest absolute Gasteiger partial charge is 0.316 e. The van der Waals surface area contributed by atoms with Gasteiger partial charge in [-0.1, -0.05) is 32.6 Å². The predicted octanol–water partition coefficient (Wildman–Crippen LogP) is 3.75. The Balaban J connectivity index is 1.82. The molecule has 0 unspecified atom stereocenters. The van der Waals surface area contributed by atoms with Gasteiger partial charge in [-0.3, -0.25) is 9.59 Å². The maximum atomic E-state index is 12.1. The molecule has 0 aromatic carbocycles. The summed E-state index contributed by atoms with van der Waals surface area (Å²) in [6.45, 7) is 2.26. The maximum Gasteiger partial charge on any atom is 0.316 e. The van der Waals surface area contributed by atoms with Crippen LogP contribution in [-0.2, 0) is 14.3 Å². The van der Waals surface area contributed by atoms with E-state index in [1.807, 2.05) is 0 Å². The zero-order valence-electron chi connectivity index (χ0n) is 12.9. The summed E-state index contributed by atoms with van der Waals surface area (Å²) < 4.78 is 4.72. The van der Waals surface area contributed by atoms with Crippen molar-refractivity contribution in [3.63, 3.8) is 0 Å². The number of carbonyl (C=O) groups is 2. The molecule has 0 aromatic heterocycles. The van der Waals surface area contributed by atoms with E-state index in [1.54, 1.807) is 0 Å². The first-order valence-electron chi connectivity index (χ1n) is 8.26. The van der Waals surface area contributed by atoms with Gasteiger partial charge >= 0.3 is 5.97 Å². The molecule has 0 aromatic rings. The van der Waals surface area contributed by atoms with Crippen LogP contribution in [0, 0.1) is 23.7 Å². The van der Waals surface area contributed by atoms with Crippen molar-refractivity contribution in [3.8, 4) is 0 Å². The molecule has 0 heterocycles. The van der Waals surface area contributed by atoms with Crippen LogP contribution in [-0.4, -0.2) is 18.9 Å². The van der Waals surface area contributed by atoms with Crippen molar-refractivity contribution in [2.45, 2.75) is 64.7 Å². The largest absolute Gasteiger partial charge is 0.468 e. The number of rotatable bonds is 4. The van der Waals surface area contributed by atoms with Crippen LogP contribution < -0.4 is 0 Å². The summed E-state index contributed by atoms with van der Waals surface area (Å²) in [7, 11) is 1.37. The van der Waals surface area contributed by atoms with E-state index in [-0.39, 0.29) is 11.8 Å². The molecule has 0 amide bonds. The fourth-order valence-corrected chi connectivity index (χ4v) is 4.19. The molecule has 0 spiro atoms. The molecular formula is C17H28O3. The standard InChI is InChI=1S/C17H28O3/c1-3-4-12-5-7-13(8-6-12)14-9-10-15(16(18)11-14)17(19)20-2/h12-15H,3-11H2,1-2H3/t12?,13?,14-,15-/m1/s1. The summed E-state index contributed by atoms with van der Waals surface area (Å²) in [5, 5.41) is 0. The summed E-state index contributed by atoms with van der Waals surface area (Å²) in [5.41, 5.74) is 0. The second kappa shape index (κ2) is 7.24. The summed E-state index contributed by atoms with van der Waals surface area (Å²) in [4.78, 5) is 23.6. The van der Waals surface area contributed by atoms with Gasteiger partial charge in [0.05, 0.1) is 7.11 Å².